The lowest BCUT2D eigenvalue weighted by atomic mass is 10.1. The Morgan fingerprint density at radius 3 is 2.23 bits per heavy atom. The van der Waals surface area contributed by atoms with Crippen LogP contribution in [0.1, 0.15) is 18.1 Å². The van der Waals surface area contributed by atoms with E-state index in [1.807, 2.05) is 0 Å². The summed E-state index contributed by atoms with van der Waals surface area (Å²) in [4.78, 5) is 10.1. The van der Waals surface area contributed by atoms with Crippen LogP contribution >= 0.6 is 11.8 Å². The van der Waals surface area contributed by atoms with Gasteiger partial charge in [0.25, 0.3) is 5.91 Å². The topological polar surface area (TPSA) is 96.3 Å². The molecule has 0 aliphatic rings. The van der Waals surface area contributed by atoms with Crippen LogP contribution in [0.3, 0.4) is 0 Å². The number of halogens is 5. The van der Waals surface area contributed by atoms with E-state index in [1.165, 1.54) is 12.1 Å². The molecule has 0 aromatic heterocycles. The van der Waals surface area contributed by atoms with Gasteiger partial charge in [-0.15, -0.1) is 11.8 Å². The number of rotatable bonds is 7. The number of nitrogens with zero attached hydrogens (tertiary/aromatic N) is 1. The molecule has 0 heterocycles. The van der Waals surface area contributed by atoms with Gasteiger partial charge in [0.15, 0.2) is 34.8 Å². The lowest BCUT2D eigenvalue weighted by molar-refractivity contribution is -0.114. The molecule has 0 saturated carbocycles. The summed E-state index contributed by atoms with van der Waals surface area (Å²) in [6, 6.07) is 4.12. The zero-order valence-electron chi connectivity index (χ0n) is 15.2. The molecule has 11 heteroatoms. The Hall–Kier alpha value is -3.26. The molecule has 30 heavy (non-hydrogen) atoms. The van der Waals surface area contributed by atoms with Crippen molar-refractivity contribution in [2.75, 3.05) is 6.61 Å². The third-order valence-electron chi connectivity index (χ3n) is 3.71. The normalized spacial score (nSPS) is 11.3. The lowest BCUT2D eigenvalue weighted by Crippen LogP contribution is -2.12. The minimum atomic E-state index is -2.28. The van der Waals surface area contributed by atoms with E-state index in [2.05, 4.69) is 0 Å². The summed E-state index contributed by atoms with van der Waals surface area (Å²) in [5.41, 5.74) is 4.82. The van der Waals surface area contributed by atoms with Crippen molar-refractivity contribution in [3.05, 3.63) is 57.9 Å². The molecule has 0 saturated heterocycles. The van der Waals surface area contributed by atoms with Gasteiger partial charge in [0, 0.05) is 11.3 Å². The highest BCUT2D eigenvalue weighted by Crippen LogP contribution is 2.38. The van der Waals surface area contributed by atoms with E-state index < -0.39 is 57.0 Å². The summed E-state index contributed by atoms with van der Waals surface area (Å²) in [5, 5.41) is 19.3. The highest BCUT2D eigenvalue weighted by atomic mass is 32.2. The van der Waals surface area contributed by atoms with Crippen molar-refractivity contribution in [1.29, 1.82) is 5.26 Å². The van der Waals surface area contributed by atoms with Crippen LogP contribution in [0.15, 0.2) is 22.6 Å². The van der Waals surface area contributed by atoms with Gasteiger partial charge in [-0.25, -0.2) is 22.0 Å². The molecular formula is C19H13F5N2O3S. The third-order valence-corrected chi connectivity index (χ3v) is 4.82. The highest BCUT2D eigenvalue weighted by molar-refractivity contribution is 7.98. The largest absolute Gasteiger partial charge is 0.504 e. The van der Waals surface area contributed by atoms with E-state index in [1.54, 1.807) is 13.0 Å². The van der Waals surface area contributed by atoms with Crippen molar-refractivity contribution in [3.8, 4) is 17.6 Å². The van der Waals surface area contributed by atoms with Crippen LogP contribution in [0.4, 0.5) is 22.0 Å². The van der Waals surface area contributed by atoms with Gasteiger partial charge in [0.05, 0.1) is 11.5 Å². The number of nitriles is 1. The molecule has 0 unspecified atom stereocenters. The number of thioether (sulfide) groups is 1. The van der Waals surface area contributed by atoms with Crippen LogP contribution in [-0.4, -0.2) is 17.6 Å². The summed E-state index contributed by atoms with van der Waals surface area (Å²) in [6.07, 6.45) is 1.09. The number of ether oxygens (including phenoxy) is 1. The molecule has 2 aromatic carbocycles. The third kappa shape index (κ3) is 4.65. The number of benzene rings is 2. The van der Waals surface area contributed by atoms with Crippen molar-refractivity contribution in [1.82, 2.24) is 0 Å². The van der Waals surface area contributed by atoms with Gasteiger partial charge >= 0.3 is 0 Å². The van der Waals surface area contributed by atoms with Gasteiger partial charge in [0.2, 0.25) is 5.82 Å². The second-order valence-electron chi connectivity index (χ2n) is 5.68. The monoisotopic (exact) mass is 444 g/mol. The van der Waals surface area contributed by atoms with Crippen LogP contribution in [-0.2, 0) is 10.5 Å². The number of hydrogen-bond donors (Lipinski definition) is 2. The molecule has 0 aliphatic carbocycles. The van der Waals surface area contributed by atoms with Gasteiger partial charge in [-0.3, -0.25) is 4.79 Å². The number of amides is 1. The molecule has 2 rings (SSSR count). The Labute approximate surface area is 171 Å². The molecule has 1 amide bonds. The number of carbonyl (C=O) groups excluding carboxylic acids is 1. The fraction of sp³-hybridized carbons (Fsp3) is 0.158. The first-order chi connectivity index (χ1) is 14.1. The highest BCUT2D eigenvalue weighted by Gasteiger charge is 2.26. The van der Waals surface area contributed by atoms with Crippen LogP contribution in [0, 0.1) is 40.4 Å². The lowest BCUT2D eigenvalue weighted by Gasteiger charge is -2.13. The van der Waals surface area contributed by atoms with E-state index in [4.69, 9.17) is 15.7 Å². The van der Waals surface area contributed by atoms with Crippen molar-refractivity contribution >= 4 is 23.7 Å². The fourth-order valence-corrected chi connectivity index (χ4v) is 3.29. The van der Waals surface area contributed by atoms with Gasteiger partial charge in [-0.1, -0.05) is 0 Å². The Morgan fingerprint density at radius 1 is 1.17 bits per heavy atom. The second-order valence-corrected chi connectivity index (χ2v) is 6.67. The minimum absolute atomic E-state index is 0.0112. The summed E-state index contributed by atoms with van der Waals surface area (Å²) in [6.45, 7) is 1.72. The molecule has 0 aliphatic heterocycles. The van der Waals surface area contributed by atoms with E-state index in [0.717, 1.165) is 6.08 Å². The van der Waals surface area contributed by atoms with E-state index >= 15 is 0 Å². The maximum atomic E-state index is 13.9. The first-order valence-corrected chi connectivity index (χ1v) is 9.15. The number of phenols is 1. The molecular weight excluding hydrogens is 431 g/mol. The van der Waals surface area contributed by atoms with Gasteiger partial charge < -0.3 is 15.6 Å². The SMILES string of the molecule is CCOc1cc(/C=C(\C#N)C(N)=O)cc(CSc2c(F)c(F)c(F)c(F)c2F)c1O. The first-order valence-electron chi connectivity index (χ1n) is 8.16. The molecule has 158 valence electrons. The van der Waals surface area contributed by atoms with Gasteiger partial charge in [0.1, 0.15) is 11.6 Å². The molecule has 0 fully saturated rings. The Bertz CT molecular complexity index is 1050. The van der Waals surface area contributed by atoms with E-state index in [0.29, 0.717) is 0 Å². The fourth-order valence-electron chi connectivity index (χ4n) is 2.33. The standard InChI is InChI=1S/C19H13F5N2O3S/c1-2-29-11-5-8(3-9(6-25)19(26)28)4-10(17(11)27)7-30-18-15(23)13(21)12(20)14(22)16(18)24/h3-5,27H,2,7H2,1H3,(H2,26,28)/b9-3+. The summed E-state index contributed by atoms with van der Waals surface area (Å²) in [7, 11) is 0. The number of hydrogen-bond acceptors (Lipinski definition) is 5. The second kappa shape index (κ2) is 9.49. The Morgan fingerprint density at radius 2 is 1.73 bits per heavy atom. The molecule has 2 aromatic rings. The van der Waals surface area contributed by atoms with E-state index in [-0.39, 0.29) is 35.2 Å². The first kappa shape index (κ1) is 23.0. The number of primary amides is 1. The Kier molecular flexibility index (Phi) is 7.28. The van der Waals surface area contributed by atoms with Gasteiger partial charge in [-0.05, 0) is 30.7 Å². The van der Waals surface area contributed by atoms with Crippen LogP contribution in [0.25, 0.3) is 6.08 Å². The predicted molar refractivity (Wildman–Crippen MR) is 97.9 cm³/mol. The van der Waals surface area contributed by atoms with Crippen molar-refractivity contribution in [2.45, 2.75) is 17.6 Å². The maximum absolute atomic E-state index is 13.9. The van der Waals surface area contributed by atoms with Crippen molar-refractivity contribution in [2.24, 2.45) is 5.73 Å². The van der Waals surface area contributed by atoms with Crippen LogP contribution in [0.2, 0.25) is 0 Å². The molecule has 0 atom stereocenters. The number of carbonyl (C=O) groups is 1. The molecule has 3 N–H and O–H groups in total. The summed E-state index contributed by atoms with van der Waals surface area (Å²) >= 11 is 0.255. The van der Waals surface area contributed by atoms with Gasteiger partial charge in [-0.2, -0.15) is 5.26 Å². The average Bonchev–Trinajstić information content (AvgIpc) is 2.71. The summed E-state index contributed by atoms with van der Waals surface area (Å²) in [5.74, 6) is -12.4. The van der Waals surface area contributed by atoms with E-state index in [9.17, 15) is 31.9 Å². The quantitative estimate of drug-likeness (QED) is 0.167. The number of nitrogens with two attached hydrogens (primary N) is 1. The average molecular weight is 444 g/mol. The molecule has 0 spiro atoms. The number of aromatic hydroxyl groups is 1. The molecule has 0 bridgehead atoms. The zero-order chi connectivity index (χ0) is 22.6. The minimum Gasteiger partial charge on any atom is -0.504 e. The zero-order valence-corrected chi connectivity index (χ0v) is 16.0. The van der Waals surface area contributed by atoms with Crippen molar-refractivity contribution < 1.29 is 36.6 Å². The molecule has 5 nitrogen and oxygen atoms in total. The molecule has 0 radical (unpaired) electrons. The smallest absolute Gasteiger partial charge is 0.259 e. The predicted octanol–water partition coefficient (Wildman–Crippen LogP) is 4.17. The van der Waals surface area contributed by atoms with Crippen LogP contribution in [0.5, 0.6) is 11.5 Å². The number of phenolic OH excluding ortho intramolecular Hbond substituents is 1. The van der Waals surface area contributed by atoms with Crippen molar-refractivity contribution in [3.63, 3.8) is 0 Å². The van der Waals surface area contributed by atoms with Crippen LogP contribution < -0.4 is 10.5 Å². The summed E-state index contributed by atoms with van der Waals surface area (Å²) < 4.78 is 72.9. The Balaban J connectivity index is 2.50. The maximum Gasteiger partial charge on any atom is 0.259 e.